The average Bonchev–Trinajstić information content (AvgIpc) is 2.27. The second kappa shape index (κ2) is 6.06. The lowest BCUT2D eigenvalue weighted by Crippen LogP contribution is -2.39. The Morgan fingerprint density at radius 3 is 2.53 bits per heavy atom. The lowest BCUT2D eigenvalue weighted by molar-refractivity contribution is -0.140. The zero-order valence-electron chi connectivity index (χ0n) is 12.3. The van der Waals surface area contributed by atoms with Crippen LogP contribution in [0.25, 0.3) is 0 Å². The van der Waals surface area contributed by atoms with Crippen LogP contribution >= 0.6 is 0 Å². The van der Waals surface area contributed by atoms with Crippen molar-refractivity contribution in [3.8, 4) is 5.75 Å². The Morgan fingerprint density at radius 2 is 2.05 bits per heavy atom. The molecule has 0 aliphatic heterocycles. The summed E-state index contributed by atoms with van der Waals surface area (Å²) in [6, 6.07) is 5.34. The summed E-state index contributed by atoms with van der Waals surface area (Å²) in [6.07, 6.45) is 0. The van der Waals surface area contributed by atoms with Crippen molar-refractivity contribution < 1.29 is 14.6 Å². The van der Waals surface area contributed by atoms with Gasteiger partial charge in [-0.2, -0.15) is 0 Å². The topological polar surface area (TPSA) is 58.6 Å². The molecular formula is C15H23NO3. The smallest absolute Gasteiger partial charge is 0.324 e. The molecule has 1 atom stereocenters. The molecular weight excluding hydrogens is 242 g/mol. The van der Waals surface area contributed by atoms with E-state index in [1.807, 2.05) is 25.1 Å². The zero-order chi connectivity index (χ0) is 14.6. The number of hydrogen-bond donors (Lipinski definition) is 2. The summed E-state index contributed by atoms with van der Waals surface area (Å²) in [5.74, 6) is -0.151. The summed E-state index contributed by atoms with van der Waals surface area (Å²) in [7, 11) is 1.61. The maximum absolute atomic E-state index is 11.0. The minimum Gasteiger partial charge on any atom is -0.491 e. The molecule has 0 heterocycles. The number of nitrogens with one attached hydrogen (secondary N) is 1. The largest absolute Gasteiger partial charge is 0.491 e. The first-order valence-corrected chi connectivity index (χ1v) is 6.39. The van der Waals surface area contributed by atoms with E-state index in [9.17, 15) is 4.79 Å². The van der Waals surface area contributed by atoms with Gasteiger partial charge >= 0.3 is 5.97 Å². The number of benzene rings is 1. The predicted molar refractivity (Wildman–Crippen MR) is 75.9 cm³/mol. The Labute approximate surface area is 114 Å². The van der Waals surface area contributed by atoms with Crippen molar-refractivity contribution >= 4 is 5.97 Å². The third-order valence-electron chi connectivity index (χ3n) is 3.00. The molecule has 0 aliphatic carbocycles. The average molecular weight is 265 g/mol. The molecule has 1 rings (SSSR count). The Kier molecular flexibility index (Phi) is 4.95. The highest BCUT2D eigenvalue weighted by Crippen LogP contribution is 2.32. The van der Waals surface area contributed by atoms with Gasteiger partial charge in [0.25, 0.3) is 0 Å². The number of rotatable bonds is 5. The minimum absolute atomic E-state index is 0.0403. The number of aryl methyl sites for hydroxylation is 1. The third-order valence-corrected chi connectivity index (χ3v) is 3.00. The molecule has 1 unspecified atom stereocenters. The van der Waals surface area contributed by atoms with Gasteiger partial charge in [0.15, 0.2) is 0 Å². The van der Waals surface area contributed by atoms with Crippen molar-refractivity contribution in [3.05, 3.63) is 29.3 Å². The summed E-state index contributed by atoms with van der Waals surface area (Å²) in [5, 5.41) is 11.7. The Morgan fingerprint density at radius 1 is 1.42 bits per heavy atom. The highest BCUT2D eigenvalue weighted by Gasteiger charge is 2.21. The van der Waals surface area contributed by atoms with E-state index in [4.69, 9.17) is 9.84 Å². The van der Waals surface area contributed by atoms with Crippen LogP contribution in [0.2, 0.25) is 0 Å². The van der Waals surface area contributed by atoms with Crippen molar-refractivity contribution in [1.29, 1.82) is 0 Å². The van der Waals surface area contributed by atoms with Crippen LogP contribution in [-0.4, -0.2) is 30.8 Å². The van der Waals surface area contributed by atoms with Crippen LogP contribution in [0.4, 0.5) is 0 Å². The van der Waals surface area contributed by atoms with Crippen LogP contribution in [0.1, 0.15) is 31.9 Å². The van der Waals surface area contributed by atoms with Crippen molar-refractivity contribution in [1.82, 2.24) is 5.32 Å². The normalized spacial score (nSPS) is 13.1. The first-order chi connectivity index (χ1) is 8.75. The van der Waals surface area contributed by atoms with Crippen molar-refractivity contribution in [2.75, 3.05) is 13.7 Å². The third kappa shape index (κ3) is 4.24. The molecule has 4 nitrogen and oxygen atoms in total. The zero-order valence-corrected chi connectivity index (χ0v) is 12.3. The molecule has 19 heavy (non-hydrogen) atoms. The molecule has 1 aromatic carbocycles. The number of carboxylic acid groups (broad SMARTS) is 1. The molecule has 1 aromatic rings. The Bertz CT molecular complexity index is 449. The van der Waals surface area contributed by atoms with Gasteiger partial charge in [-0.25, -0.2) is 0 Å². The lowest BCUT2D eigenvalue weighted by Gasteiger charge is -2.24. The maximum Gasteiger partial charge on any atom is 0.324 e. The van der Waals surface area contributed by atoms with Crippen molar-refractivity contribution in [3.63, 3.8) is 0 Å². The molecule has 0 aliphatic rings. The molecule has 0 spiro atoms. The van der Waals surface area contributed by atoms with Gasteiger partial charge in [-0.3, -0.25) is 4.79 Å². The number of carboxylic acids is 1. The molecule has 0 radical (unpaired) electrons. The van der Waals surface area contributed by atoms with Crippen LogP contribution in [-0.2, 0) is 10.2 Å². The fraction of sp³-hybridized carbons (Fsp3) is 0.533. The van der Waals surface area contributed by atoms with E-state index >= 15 is 0 Å². The van der Waals surface area contributed by atoms with Crippen LogP contribution in [0.5, 0.6) is 5.75 Å². The standard InChI is InChI=1S/C15H23NO3/c1-10-6-7-11(15(2,3)4)13(8-10)19-9-12(16-5)14(17)18/h6-8,12,16H,9H2,1-5H3,(H,17,18). The van der Waals surface area contributed by atoms with E-state index in [2.05, 4.69) is 26.1 Å². The van der Waals surface area contributed by atoms with E-state index in [0.29, 0.717) is 0 Å². The van der Waals surface area contributed by atoms with E-state index in [-0.39, 0.29) is 12.0 Å². The fourth-order valence-electron chi connectivity index (χ4n) is 1.82. The minimum atomic E-state index is -0.910. The van der Waals surface area contributed by atoms with Crippen molar-refractivity contribution in [2.45, 2.75) is 39.2 Å². The summed E-state index contributed by atoms with van der Waals surface area (Å²) < 4.78 is 5.72. The lowest BCUT2D eigenvalue weighted by atomic mass is 9.86. The Hall–Kier alpha value is -1.55. The van der Waals surface area contributed by atoms with E-state index in [1.54, 1.807) is 7.05 Å². The van der Waals surface area contributed by atoms with E-state index < -0.39 is 12.0 Å². The molecule has 0 bridgehead atoms. The summed E-state index contributed by atoms with van der Waals surface area (Å²) in [5.41, 5.74) is 2.14. The van der Waals surface area contributed by atoms with Crippen LogP contribution in [0, 0.1) is 6.92 Å². The van der Waals surface area contributed by atoms with Crippen molar-refractivity contribution in [2.24, 2.45) is 0 Å². The molecule has 4 heteroatoms. The SMILES string of the molecule is CNC(COc1cc(C)ccc1C(C)(C)C)C(=O)O. The molecule has 0 aromatic heterocycles. The highest BCUT2D eigenvalue weighted by atomic mass is 16.5. The van der Waals surface area contributed by atoms with Gasteiger partial charge in [0, 0.05) is 0 Å². The molecule has 0 fully saturated rings. The van der Waals surface area contributed by atoms with Crippen LogP contribution in [0.15, 0.2) is 18.2 Å². The molecule has 0 saturated carbocycles. The van der Waals surface area contributed by atoms with E-state index in [1.165, 1.54) is 0 Å². The first-order valence-electron chi connectivity index (χ1n) is 6.39. The molecule has 0 amide bonds. The molecule has 106 valence electrons. The van der Waals surface area contributed by atoms with Gasteiger partial charge in [0.1, 0.15) is 18.4 Å². The van der Waals surface area contributed by atoms with Gasteiger partial charge < -0.3 is 15.2 Å². The monoisotopic (exact) mass is 265 g/mol. The Balaban J connectivity index is 2.93. The fourth-order valence-corrected chi connectivity index (χ4v) is 1.82. The number of ether oxygens (including phenoxy) is 1. The number of hydrogen-bond acceptors (Lipinski definition) is 3. The summed E-state index contributed by atoms with van der Waals surface area (Å²) >= 11 is 0. The van der Waals surface area contributed by atoms with Gasteiger partial charge in [0.2, 0.25) is 0 Å². The summed E-state index contributed by atoms with van der Waals surface area (Å²) in [4.78, 5) is 11.0. The highest BCUT2D eigenvalue weighted by molar-refractivity contribution is 5.73. The quantitative estimate of drug-likeness (QED) is 0.858. The number of likely N-dealkylation sites (N-methyl/N-ethyl adjacent to an activating group) is 1. The second-order valence-corrected chi connectivity index (χ2v) is 5.74. The number of aliphatic carboxylic acids is 1. The maximum atomic E-state index is 11.0. The van der Waals surface area contributed by atoms with Crippen LogP contribution in [0.3, 0.4) is 0 Å². The summed E-state index contributed by atoms with van der Waals surface area (Å²) in [6.45, 7) is 8.43. The van der Waals surface area contributed by atoms with Gasteiger partial charge in [-0.15, -0.1) is 0 Å². The second-order valence-electron chi connectivity index (χ2n) is 5.74. The molecule has 2 N–H and O–H groups in total. The van der Waals surface area contributed by atoms with Gasteiger partial charge in [0.05, 0.1) is 0 Å². The number of carbonyl (C=O) groups is 1. The van der Waals surface area contributed by atoms with Gasteiger partial charge in [-0.05, 0) is 36.6 Å². The predicted octanol–water partition coefficient (Wildman–Crippen LogP) is 2.34. The van der Waals surface area contributed by atoms with Crippen LogP contribution < -0.4 is 10.1 Å². The molecule has 0 saturated heterocycles. The first kappa shape index (κ1) is 15.5. The van der Waals surface area contributed by atoms with Gasteiger partial charge in [-0.1, -0.05) is 32.9 Å². The van der Waals surface area contributed by atoms with E-state index in [0.717, 1.165) is 16.9 Å².